The molecule has 0 unspecified atom stereocenters. The number of methoxy groups -OCH3 is 1. The van der Waals surface area contributed by atoms with Gasteiger partial charge in [0.2, 0.25) is 0 Å². The second kappa shape index (κ2) is 6.06. The zero-order valence-electron chi connectivity index (χ0n) is 9.33. The van der Waals surface area contributed by atoms with Gasteiger partial charge in [-0.05, 0) is 37.6 Å². The van der Waals surface area contributed by atoms with E-state index in [1.807, 2.05) is 0 Å². The van der Waals surface area contributed by atoms with E-state index in [-0.39, 0.29) is 24.3 Å². The lowest BCUT2D eigenvalue weighted by Crippen LogP contribution is -2.27. The van der Waals surface area contributed by atoms with Crippen LogP contribution in [0.1, 0.15) is 30.9 Å². The summed E-state index contributed by atoms with van der Waals surface area (Å²) in [6.07, 6.45) is 3.45. The average molecular weight is 246 g/mol. The summed E-state index contributed by atoms with van der Waals surface area (Å²) in [5, 5.41) is 3.39. The van der Waals surface area contributed by atoms with Crippen LogP contribution in [0.5, 0.6) is 5.75 Å². The van der Waals surface area contributed by atoms with Gasteiger partial charge >= 0.3 is 0 Å². The highest BCUT2D eigenvalue weighted by molar-refractivity contribution is 5.85. The Morgan fingerprint density at radius 3 is 2.81 bits per heavy atom. The summed E-state index contributed by atoms with van der Waals surface area (Å²) in [5.41, 5.74) is 0.942. The van der Waals surface area contributed by atoms with Crippen molar-refractivity contribution in [3.05, 3.63) is 29.6 Å². The van der Waals surface area contributed by atoms with Gasteiger partial charge in [-0.1, -0.05) is 6.42 Å². The monoisotopic (exact) mass is 245 g/mol. The van der Waals surface area contributed by atoms with E-state index in [2.05, 4.69) is 5.32 Å². The summed E-state index contributed by atoms with van der Waals surface area (Å²) in [6.45, 7) is 1.00. The van der Waals surface area contributed by atoms with E-state index in [9.17, 15) is 4.39 Å². The lowest BCUT2D eigenvalue weighted by molar-refractivity contribution is 0.372. The lowest BCUT2D eigenvalue weighted by Gasteiger charge is -2.25. The van der Waals surface area contributed by atoms with Crippen LogP contribution in [0.2, 0.25) is 0 Å². The van der Waals surface area contributed by atoms with Gasteiger partial charge in [-0.25, -0.2) is 4.39 Å². The van der Waals surface area contributed by atoms with Crippen LogP contribution >= 0.6 is 12.4 Å². The highest BCUT2D eigenvalue weighted by Crippen LogP contribution is 2.30. The Balaban J connectivity index is 0.00000128. The molecule has 0 aromatic heterocycles. The summed E-state index contributed by atoms with van der Waals surface area (Å²) in [5.74, 6) is 0.578. The van der Waals surface area contributed by atoms with E-state index in [1.54, 1.807) is 19.2 Å². The van der Waals surface area contributed by atoms with Gasteiger partial charge < -0.3 is 10.1 Å². The van der Waals surface area contributed by atoms with Crippen LogP contribution in [-0.4, -0.2) is 13.7 Å². The van der Waals surface area contributed by atoms with Crippen LogP contribution in [0.4, 0.5) is 4.39 Å². The van der Waals surface area contributed by atoms with Gasteiger partial charge in [0.1, 0.15) is 11.6 Å². The maximum Gasteiger partial charge on any atom is 0.123 e. The topological polar surface area (TPSA) is 21.3 Å². The first-order valence-electron chi connectivity index (χ1n) is 5.38. The molecule has 1 aliphatic heterocycles. The number of nitrogens with one attached hydrogen (secondary N) is 1. The van der Waals surface area contributed by atoms with E-state index in [0.717, 1.165) is 24.3 Å². The second-order valence-corrected chi connectivity index (χ2v) is 3.89. The Labute approximate surface area is 102 Å². The fourth-order valence-corrected chi connectivity index (χ4v) is 2.09. The van der Waals surface area contributed by atoms with Crippen LogP contribution in [0.3, 0.4) is 0 Å². The Bertz CT molecular complexity index is 340. The van der Waals surface area contributed by atoms with Gasteiger partial charge in [0.15, 0.2) is 0 Å². The maximum atomic E-state index is 13.2. The highest BCUT2D eigenvalue weighted by atomic mass is 35.5. The van der Waals surface area contributed by atoms with Gasteiger partial charge in [0.25, 0.3) is 0 Å². The molecular weight excluding hydrogens is 229 g/mol. The van der Waals surface area contributed by atoms with Crippen LogP contribution in [0, 0.1) is 5.82 Å². The van der Waals surface area contributed by atoms with Gasteiger partial charge in [-0.15, -0.1) is 12.4 Å². The number of halogens is 2. The van der Waals surface area contributed by atoms with Crippen LogP contribution in [0.25, 0.3) is 0 Å². The van der Waals surface area contributed by atoms with Crippen molar-refractivity contribution in [3.63, 3.8) is 0 Å². The fraction of sp³-hybridized carbons (Fsp3) is 0.500. The van der Waals surface area contributed by atoms with E-state index >= 15 is 0 Å². The molecule has 0 spiro atoms. The zero-order valence-corrected chi connectivity index (χ0v) is 10.1. The van der Waals surface area contributed by atoms with Crippen molar-refractivity contribution in [1.82, 2.24) is 5.32 Å². The molecule has 4 heteroatoms. The lowest BCUT2D eigenvalue weighted by atomic mass is 9.97. The smallest absolute Gasteiger partial charge is 0.123 e. The molecule has 1 fully saturated rings. The molecule has 1 saturated heterocycles. The molecule has 1 atom stereocenters. The Hall–Kier alpha value is -0.800. The zero-order chi connectivity index (χ0) is 10.7. The van der Waals surface area contributed by atoms with Crippen molar-refractivity contribution in [2.45, 2.75) is 25.3 Å². The van der Waals surface area contributed by atoms with Gasteiger partial charge in [-0.3, -0.25) is 0 Å². The summed E-state index contributed by atoms with van der Waals surface area (Å²) in [4.78, 5) is 0. The van der Waals surface area contributed by atoms with Crippen molar-refractivity contribution in [2.75, 3.05) is 13.7 Å². The molecule has 0 saturated carbocycles. The average Bonchev–Trinajstić information content (AvgIpc) is 2.30. The molecule has 0 bridgehead atoms. The van der Waals surface area contributed by atoms with Crippen molar-refractivity contribution in [2.24, 2.45) is 0 Å². The number of benzene rings is 1. The first kappa shape index (κ1) is 13.3. The number of hydrogen-bond acceptors (Lipinski definition) is 2. The largest absolute Gasteiger partial charge is 0.496 e. The van der Waals surface area contributed by atoms with Crippen LogP contribution < -0.4 is 10.1 Å². The van der Waals surface area contributed by atoms with E-state index < -0.39 is 0 Å². The summed E-state index contributed by atoms with van der Waals surface area (Å²) >= 11 is 0. The molecule has 1 aromatic rings. The quantitative estimate of drug-likeness (QED) is 0.865. The molecule has 1 aromatic carbocycles. The highest BCUT2D eigenvalue weighted by Gasteiger charge is 2.18. The first-order valence-corrected chi connectivity index (χ1v) is 5.38. The molecular formula is C12H17ClFNO. The third kappa shape index (κ3) is 2.86. The molecule has 2 nitrogen and oxygen atoms in total. The summed E-state index contributed by atoms with van der Waals surface area (Å²) < 4.78 is 18.4. The standard InChI is InChI=1S/C12H16FNO.ClH/c1-15-12-6-5-9(13)8-10(12)11-4-2-3-7-14-11;/h5-6,8,11,14H,2-4,7H2,1H3;1H/t11-;/m0./s1. The van der Waals surface area contributed by atoms with E-state index in [4.69, 9.17) is 4.74 Å². The number of piperidine rings is 1. The minimum absolute atomic E-state index is 0. The van der Waals surface area contributed by atoms with Gasteiger partial charge in [-0.2, -0.15) is 0 Å². The molecule has 90 valence electrons. The summed E-state index contributed by atoms with van der Waals surface area (Å²) in [6, 6.07) is 4.94. The maximum absolute atomic E-state index is 13.2. The van der Waals surface area contributed by atoms with Gasteiger partial charge in [0.05, 0.1) is 7.11 Å². The first-order chi connectivity index (χ1) is 7.31. The number of ether oxygens (including phenoxy) is 1. The Morgan fingerprint density at radius 2 is 2.19 bits per heavy atom. The van der Waals surface area contributed by atoms with Crippen LogP contribution in [-0.2, 0) is 0 Å². The Kier molecular flexibility index (Phi) is 5.03. The van der Waals surface area contributed by atoms with E-state index in [0.29, 0.717) is 0 Å². The van der Waals surface area contributed by atoms with Crippen LogP contribution in [0.15, 0.2) is 18.2 Å². The molecule has 16 heavy (non-hydrogen) atoms. The molecule has 1 aliphatic rings. The molecule has 1 heterocycles. The van der Waals surface area contributed by atoms with Crippen molar-refractivity contribution in [3.8, 4) is 5.75 Å². The van der Waals surface area contributed by atoms with Crippen molar-refractivity contribution < 1.29 is 9.13 Å². The third-order valence-electron chi connectivity index (χ3n) is 2.88. The minimum atomic E-state index is -0.196. The molecule has 0 aliphatic carbocycles. The third-order valence-corrected chi connectivity index (χ3v) is 2.88. The van der Waals surface area contributed by atoms with E-state index in [1.165, 1.54) is 18.9 Å². The fourth-order valence-electron chi connectivity index (χ4n) is 2.09. The van der Waals surface area contributed by atoms with Gasteiger partial charge in [0, 0.05) is 11.6 Å². The molecule has 1 N–H and O–H groups in total. The predicted molar refractivity (Wildman–Crippen MR) is 64.8 cm³/mol. The summed E-state index contributed by atoms with van der Waals surface area (Å²) in [7, 11) is 1.62. The SMILES string of the molecule is COc1ccc(F)cc1[C@@H]1CCCCN1.Cl. The normalized spacial score (nSPS) is 20.0. The molecule has 2 rings (SSSR count). The molecule has 0 radical (unpaired) electrons. The number of rotatable bonds is 2. The minimum Gasteiger partial charge on any atom is -0.496 e. The van der Waals surface area contributed by atoms with Crippen molar-refractivity contribution in [1.29, 1.82) is 0 Å². The number of hydrogen-bond donors (Lipinski definition) is 1. The second-order valence-electron chi connectivity index (χ2n) is 3.89. The molecule has 0 amide bonds. The Morgan fingerprint density at radius 1 is 1.38 bits per heavy atom. The van der Waals surface area contributed by atoms with Crippen molar-refractivity contribution >= 4 is 12.4 Å². The predicted octanol–water partition coefficient (Wildman–Crippen LogP) is 3.07.